The van der Waals surface area contributed by atoms with Crippen LogP contribution in [0.2, 0.25) is 0 Å². The van der Waals surface area contributed by atoms with Crippen molar-refractivity contribution in [1.29, 1.82) is 0 Å². The van der Waals surface area contributed by atoms with Crippen molar-refractivity contribution < 1.29 is 19.1 Å². The predicted octanol–water partition coefficient (Wildman–Crippen LogP) is 3.74. The van der Waals surface area contributed by atoms with Gasteiger partial charge in [-0.25, -0.2) is 4.79 Å². The highest BCUT2D eigenvalue weighted by Gasteiger charge is 2.12. The van der Waals surface area contributed by atoms with E-state index < -0.39 is 0 Å². The van der Waals surface area contributed by atoms with E-state index in [9.17, 15) is 9.59 Å². The van der Waals surface area contributed by atoms with E-state index >= 15 is 0 Å². The largest absolute Gasteiger partial charge is 0.496 e. The SMILES string of the molecule is CCOC(=O)c1ccc(NC(=O)c2ccc(OC)c(C)c2)c(C)c1. The fourth-order valence-electron chi connectivity index (χ4n) is 2.36. The molecule has 2 aromatic carbocycles. The summed E-state index contributed by atoms with van der Waals surface area (Å²) >= 11 is 0. The van der Waals surface area contributed by atoms with E-state index in [1.54, 1.807) is 50.4 Å². The Kier molecular flexibility index (Phi) is 5.58. The maximum absolute atomic E-state index is 12.4. The standard InChI is InChI=1S/C19H21NO4/c1-5-24-19(22)15-6-8-16(12(2)10-15)20-18(21)14-7-9-17(23-4)13(3)11-14/h6-11H,5H2,1-4H3,(H,20,21). The lowest BCUT2D eigenvalue weighted by atomic mass is 10.1. The van der Waals surface area contributed by atoms with E-state index in [0.717, 1.165) is 16.9 Å². The van der Waals surface area contributed by atoms with E-state index in [2.05, 4.69) is 5.32 Å². The Morgan fingerprint density at radius 2 is 1.67 bits per heavy atom. The molecule has 5 nitrogen and oxygen atoms in total. The Morgan fingerprint density at radius 3 is 2.25 bits per heavy atom. The highest BCUT2D eigenvalue weighted by atomic mass is 16.5. The van der Waals surface area contributed by atoms with Gasteiger partial charge < -0.3 is 14.8 Å². The zero-order chi connectivity index (χ0) is 17.7. The third kappa shape index (κ3) is 3.93. The van der Waals surface area contributed by atoms with Crippen molar-refractivity contribution in [2.75, 3.05) is 19.0 Å². The number of hydrogen-bond donors (Lipinski definition) is 1. The molecule has 0 atom stereocenters. The number of anilines is 1. The maximum atomic E-state index is 12.4. The minimum absolute atomic E-state index is 0.215. The fourth-order valence-corrected chi connectivity index (χ4v) is 2.36. The first-order valence-corrected chi connectivity index (χ1v) is 7.70. The van der Waals surface area contributed by atoms with Gasteiger partial charge in [0.25, 0.3) is 5.91 Å². The summed E-state index contributed by atoms with van der Waals surface area (Å²) in [6.45, 7) is 5.80. The molecule has 0 aliphatic carbocycles. The number of benzene rings is 2. The molecule has 0 aromatic heterocycles. The van der Waals surface area contributed by atoms with Crippen LogP contribution in [0.3, 0.4) is 0 Å². The monoisotopic (exact) mass is 327 g/mol. The van der Waals surface area contributed by atoms with Crippen molar-refractivity contribution in [1.82, 2.24) is 0 Å². The van der Waals surface area contributed by atoms with Crippen LogP contribution >= 0.6 is 0 Å². The van der Waals surface area contributed by atoms with E-state index in [4.69, 9.17) is 9.47 Å². The summed E-state index contributed by atoms with van der Waals surface area (Å²) in [5, 5.41) is 2.86. The van der Waals surface area contributed by atoms with E-state index in [1.807, 2.05) is 13.8 Å². The number of rotatable bonds is 5. The minimum atomic E-state index is -0.371. The summed E-state index contributed by atoms with van der Waals surface area (Å²) in [6, 6.07) is 10.3. The Morgan fingerprint density at radius 1 is 1.00 bits per heavy atom. The third-order valence-corrected chi connectivity index (χ3v) is 3.64. The number of nitrogens with one attached hydrogen (secondary N) is 1. The van der Waals surface area contributed by atoms with Gasteiger partial charge in [-0.3, -0.25) is 4.79 Å². The number of aryl methyl sites for hydroxylation is 2. The minimum Gasteiger partial charge on any atom is -0.496 e. The molecular weight excluding hydrogens is 306 g/mol. The van der Waals surface area contributed by atoms with Crippen LogP contribution in [0.25, 0.3) is 0 Å². The second kappa shape index (κ2) is 7.64. The van der Waals surface area contributed by atoms with Gasteiger partial charge in [-0.2, -0.15) is 0 Å². The Hall–Kier alpha value is -2.82. The zero-order valence-electron chi connectivity index (χ0n) is 14.3. The molecule has 1 N–H and O–H groups in total. The molecule has 0 unspecified atom stereocenters. The first-order valence-electron chi connectivity index (χ1n) is 7.70. The molecule has 126 valence electrons. The van der Waals surface area contributed by atoms with Gasteiger partial charge in [0, 0.05) is 11.3 Å². The van der Waals surface area contributed by atoms with Gasteiger partial charge >= 0.3 is 5.97 Å². The predicted molar refractivity (Wildman–Crippen MR) is 92.8 cm³/mol. The van der Waals surface area contributed by atoms with Gasteiger partial charge in [-0.05, 0) is 68.3 Å². The molecule has 0 saturated carbocycles. The quantitative estimate of drug-likeness (QED) is 0.850. The van der Waals surface area contributed by atoms with E-state index in [-0.39, 0.29) is 11.9 Å². The van der Waals surface area contributed by atoms with Crippen LogP contribution in [0.1, 0.15) is 38.8 Å². The molecule has 0 heterocycles. The topological polar surface area (TPSA) is 64.6 Å². The third-order valence-electron chi connectivity index (χ3n) is 3.64. The highest BCUT2D eigenvalue weighted by molar-refractivity contribution is 6.05. The Labute approximate surface area is 141 Å². The van der Waals surface area contributed by atoms with Crippen LogP contribution in [0.4, 0.5) is 5.69 Å². The molecule has 5 heteroatoms. The molecule has 1 amide bonds. The average Bonchev–Trinajstić information content (AvgIpc) is 2.56. The first kappa shape index (κ1) is 17.5. The molecule has 24 heavy (non-hydrogen) atoms. The molecule has 0 aliphatic heterocycles. The lowest BCUT2D eigenvalue weighted by molar-refractivity contribution is 0.0526. The van der Waals surface area contributed by atoms with Crippen LogP contribution in [0.15, 0.2) is 36.4 Å². The normalized spacial score (nSPS) is 10.2. The van der Waals surface area contributed by atoms with Crippen molar-refractivity contribution in [2.24, 2.45) is 0 Å². The number of esters is 1. The average molecular weight is 327 g/mol. The van der Waals surface area contributed by atoms with Gasteiger partial charge in [0.15, 0.2) is 0 Å². The number of carbonyl (C=O) groups excluding carboxylic acids is 2. The van der Waals surface area contributed by atoms with Gasteiger partial charge in [0.2, 0.25) is 0 Å². The summed E-state index contributed by atoms with van der Waals surface area (Å²) in [5.41, 5.74) is 3.34. The van der Waals surface area contributed by atoms with Crippen LogP contribution in [0, 0.1) is 13.8 Å². The molecule has 2 aromatic rings. The molecular formula is C19H21NO4. The lowest BCUT2D eigenvalue weighted by Gasteiger charge is -2.11. The second-order valence-electron chi connectivity index (χ2n) is 5.39. The number of carbonyl (C=O) groups is 2. The highest BCUT2D eigenvalue weighted by Crippen LogP contribution is 2.21. The van der Waals surface area contributed by atoms with Crippen molar-refractivity contribution in [2.45, 2.75) is 20.8 Å². The van der Waals surface area contributed by atoms with Gasteiger partial charge in [-0.15, -0.1) is 0 Å². The van der Waals surface area contributed by atoms with Crippen molar-refractivity contribution in [3.8, 4) is 5.75 Å². The summed E-state index contributed by atoms with van der Waals surface area (Å²) in [5.74, 6) is 0.151. The molecule has 0 spiro atoms. The number of methoxy groups -OCH3 is 1. The van der Waals surface area contributed by atoms with Gasteiger partial charge in [-0.1, -0.05) is 0 Å². The van der Waals surface area contributed by atoms with Crippen LogP contribution in [0.5, 0.6) is 5.75 Å². The van der Waals surface area contributed by atoms with Crippen molar-refractivity contribution in [3.63, 3.8) is 0 Å². The summed E-state index contributed by atoms with van der Waals surface area (Å²) in [6.07, 6.45) is 0. The van der Waals surface area contributed by atoms with Gasteiger partial charge in [0.1, 0.15) is 5.75 Å². The number of ether oxygens (including phenoxy) is 2. The first-order chi connectivity index (χ1) is 11.5. The van der Waals surface area contributed by atoms with E-state index in [1.165, 1.54) is 0 Å². The Bertz CT molecular complexity index is 768. The molecule has 0 fully saturated rings. The Balaban J connectivity index is 2.17. The number of amides is 1. The molecule has 2 rings (SSSR count). The van der Waals surface area contributed by atoms with E-state index in [0.29, 0.717) is 23.4 Å². The second-order valence-corrected chi connectivity index (χ2v) is 5.39. The molecule has 0 aliphatic rings. The number of hydrogen-bond acceptors (Lipinski definition) is 4. The van der Waals surface area contributed by atoms with Crippen molar-refractivity contribution >= 4 is 17.6 Å². The zero-order valence-corrected chi connectivity index (χ0v) is 14.3. The van der Waals surface area contributed by atoms with Crippen LogP contribution in [-0.4, -0.2) is 25.6 Å². The molecule has 0 saturated heterocycles. The molecule has 0 radical (unpaired) electrons. The fraction of sp³-hybridized carbons (Fsp3) is 0.263. The summed E-state index contributed by atoms with van der Waals surface area (Å²) in [7, 11) is 1.59. The van der Waals surface area contributed by atoms with Crippen LogP contribution < -0.4 is 10.1 Å². The smallest absolute Gasteiger partial charge is 0.338 e. The summed E-state index contributed by atoms with van der Waals surface area (Å²) < 4.78 is 10.2. The van der Waals surface area contributed by atoms with Gasteiger partial charge in [0.05, 0.1) is 19.3 Å². The van der Waals surface area contributed by atoms with Crippen molar-refractivity contribution in [3.05, 3.63) is 58.7 Å². The lowest BCUT2D eigenvalue weighted by Crippen LogP contribution is -2.13. The summed E-state index contributed by atoms with van der Waals surface area (Å²) in [4.78, 5) is 24.1. The van der Waals surface area contributed by atoms with Crippen LogP contribution in [-0.2, 0) is 4.74 Å². The maximum Gasteiger partial charge on any atom is 0.338 e. The molecule has 0 bridgehead atoms.